The highest BCUT2D eigenvalue weighted by Gasteiger charge is 2.41. The van der Waals surface area contributed by atoms with Crippen LogP contribution in [-0.2, 0) is 10.0 Å². The summed E-state index contributed by atoms with van der Waals surface area (Å²) in [6, 6.07) is 12.4. The van der Waals surface area contributed by atoms with Crippen LogP contribution in [0.3, 0.4) is 0 Å². The van der Waals surface area contributed by atoms with Crippen molar-refractivity contribution in [3.05, 3.63) is 75.1 Å². The number of nitrogens with zero attached hydrogens (tertiary/aromatic N) is 1. The Morgan fingerprint density at radius 2 is 1.77 bits per heavy atom. The number of hydrogen-bond acceptors (Lipinski definition) is 6. The van der Waals surface area contributed by atoms with Crippen LogP contribution in [0.1, 0.15) is 15.9 Å². The van der Waals surface area contributed by atoms with Crippen LogP contribution >= 0.6 is 34.5 Å². The average molecular weight is 497 g/mol. The van der Waals surface area contributed by atoms with Crippen molar-refractivity contribution in [2.24, 2.45) is 0 Å². The molecule has 0 saturated carbocycles. The summed E-state index contributed by atoms with van der Waals surface area (Å²) in [6.07, 6.45) is 0. The predicted octanol–water partition coefficient (Wildman–Crippen LogP) is 4.28. The lowest BCUT2D eigenvalue weighted by atomic mass is 10.0. The van der Waals surface area contributed by atoms with E-state index in [0.29, 0.717) is 11.3 Å². The van der Waals surface area contributed by atoms with Crippen molar-refractivity contribution in [2.75, 3.05) is 5.32 Å². The van der Waals surface area contributed by atoms with E-state index in [1.165, 1.54) is 30.3 Å². The van der Waals surface area contributed by atoms with E-state index in [9.17, 15) is 23.2 Å². The second kappa shape index (κ2) is 7.97. The molecular formula is C19H12Cl2N3O5S2+. The molecule has 0 fully saturated rings. The first kappa shape index (κ1) is 21.3. The van der Waals surface area contributed by atoms with E-state index in [1.807, 2.05) is 4.72 Å². The van der Waals surface area contributed by atoms with Gasteiger partial charge in [-0.2, -0.15) is 0 Å². The number of para-hydroxylation sites is 1. The first-order chi connectivity index (χ1) is 14.7. The number of Topliss-reactive ketones (excluding diaryl/α,β-unsaturated/α-hetero) is 1. The number of rotatable bonds is 4. The fourth-order valence-corrected chi connectivity index (χ4v) is 5.65. The van der Waals surface area contributed by atoms with Crippen LogP contribution in [0, 0.1) is 0 Å². The van der Waals surface area contributed by atoms with Gasteiger partial charge in [0, 0.05) is 16.5 Å². The minimum Gasteiger partial charge on any atom is -0.307 e. The van der Waals surface area contributed by atoms with Crippen LogP contribution in [-0.4, -0.2) is 35.9 Å². The van der Waals surface area contributed by atoms with Gasteiger partial charge in [-0.1, -0.05) is 35.3 Å². The largest absolute Gasteiger partial charge is 0.333 e. The number of ketones is 1. The van der Waals surface area contributed by atoms with Crippen LogP contribution in [0.4, 0.5) is 16.2 Å². The van der Waals surface area contributed by atoms with Crippen molar-refractivity contribution in [3.8, 4) is 0 Å². The number of anilines is 1. The van der Waals surface area contributed by atoms with Crippen LogP contribution in [0.15, 0.2) is 58.8 Å². The number of sulfonamides is 1. The van der Waals surface area contributed by atoms with Crippen LogP contribution in [0.5, 0.6) is 0 Å². The first-order valence-corrected chi connectivity index (χ1v) is 11.6. The number of fused-ring (bicyclic) bond motifs is 1. The molecule has 0 bridgehead atoms. The third-order valence-electron chi connectivity index (χ3n) is 4.33. The van der Waals surface area contributed by atoms with E-state index in [-0.39, 0.29) is 30.5 Å². The summed E-state index contributed by atoms with van der Waals surface area (Å²) >= 11 is 12.8. The quantitative estimate of drug-likeness (QED) is 0.368. The summed E-state index contributed by atoms with van der Waals surface area (Å²) in [5.41, 5.74) is 1.06. The van der Waals surface area contributed by atoms with E-state index in [1.54, 1.807) is 24.3 Å². The molecule has 31 heavy (non-hydrogen) atoms. The van der Waals surface area contributed by atoms with E-state index in [4.69, 9.17) is 23.2 Å². The lowest BCUT2D eigenvalue weighted by Gasteiger charge is -2.08. The highest BCUT2D eigenvalue weighted by molar-refractivity contribution is 7.92. The monoisotopic (exact) mass is 496 g/mol. The number of hydrogen-bond donors (Lipinski definition) is 3. The lowest BCUT2D eigenvalue weighted by Crippen LogP contribution is -2.34. The average Bonchev–Trinajstić information content (AvgIpc) is 3.25. The van der Waals surface area contributed by atoms with Gasteiger partial charge in [-0.15, -0.1) is 11.3 Å². The van der Waals surface area contributed by atoms with E-state index in [0.717, 1.165) is 16.1 Å². The Hall–Kier alpha value is -2.92. The molecule has 0 spiro atoms. The smallest absolute Gasteiger partial charge is 0.307 e. The standard InChI is InChI=1S/C19H11Cl2N3O5S2/c20-13-9-10(22-19(26)23-31(28,29)16-8-7-15(21)30-16)5-6-11(13)17-18(25)12-3-1-2-4-14(12)24(17)27/h1-9,27H,(H,23,26)/p+1. The van der Waals surface area contributed by atoms with Gasteiger partial charge in [-0.25, -0.2) is 17.9 Å². The normalized spacial score (nSPS) is 13.3. The minimum absolute atomic E-state index is 0.0284. The molecule has 1 aliphatic rings. The summed E-state index contributed by atoms with van der Waals surface area (Å²) in [5.74, 6) is -0.404. The number of nitrogens with one attached hydrogen (secondary N) is 2. The van der Waals surface area contributed by atoms with E-state index < -0.39 is 21.8 Å². The Kier molecular flexibility index (Phi) is 5.48. The summed E-state index contributed by atoms with van der Waals surface area (Å²) in [4.78, 5) is 24.8. The molecule has 2 amide bonds. The Morgan fingerprint density at radius 3 is 2.42 bits per heavy atom. The third-order valence-corrected chi connectivity index (χ3v) is 7.69. The maximum Gasteiger partial charge on any atom is 0.333 e. The minimum atomic E-state index is -4.08. The van der Waals surface area contributed by atoms with Gasteiger partial charge in [0.1, 0.15) is 9.77 Å². The van der Waals surface area contributed by atoms with Crippen molar-refractivity contribution in [2.45, 2.75) is 4.21 Å². The maximum absolute atomic E-state index is 12.7. The summed E-state index contributed by atoms with van der Waals surface area (Å²) in [6.45, 7) is 0. The molecule has 2 heterocycles. The molecule has 0 saturated heterocycles. The van der Waals surface area contributed by atoms with Crippen molar-refractivity contribution in [3.63, 3.8) is 0 Å². The van der Waals surface area contributed by atoms with E-state index >= 15 is 0 Å². The molecule has 1 aliphatic heterocycles. The van der Waals surface area contributed by atoms with Crippen LogP contribution in [0.25, 0.3) is 0 Å². The van der Waals surface area contributed by atoms with Crippen molar-refractivity contribution in [1.29, 1.82) is 0 Å². The molecule has 0 radical (unpaired) electrons. The Labute approximate surface area is 190 Å². The molecule has 2 aromatic carbocycles. The molecular weight excluding hydrogens is 485 g/mol. The second-order valence-corrected chi connectivity index (χ2v) is 10.4. The highest BCUT2D eigenvalue weighted by atomic mass is 35.5. The molecule has 12 heteroatoms. The predicted molar refractivity (Wildman–Crippen MR) is 117 cm³/mol. The second-order valence-electron chi connectivity index (χ2n) is 6.32. The highest BCUT2D eigenvalue weighted by Crippen LogP contribution is 2.31. The van der Waals surface area contributed by atoms with Crippen molar-refractivity contribution >= 4 is 73.5 Å². The number of thiophene rings is 1. The fraction of sp³-hybridized carbons (Fsp3) is 0. The molecule has 3 N–H and O–H groups in total. The van der Waals surface area contributed by atoms with Crippen molar-refractivity contribution < 1.29 is 28.0 Å². The molecule has 0 aliphatic carbocycles. The molecule has 3 aromatic rings. The number of urea groups is 1. The van der Waals surface area contributed by atoms with Gasteiger partial charge in [0.05, 0.1) is 14.9 Å². The Morgan fingerprint density at radius 1 is 1.03 bits per heavy atom. The summed E-state index contributed by atoms with van der Waals surface area (Å²) in [7, 11) is -4.08. The summed E-state index contributed by atoms with van der Waals surface area (Å²) < 4.78 is 27.2. The maximum atomic E-state index is 12.7. The lowest BCUT2D eigenvalue weighted by molar-refractivity contribution is -0.710. The van der Waals surface area contributed by atoms with Crippen LogP contribution < -0.4 is 10.0 Å². The molecule has 158 valence electrons. The number of amides is 2. The molecule has 1 aromatic heterocycles. The Bertz CT molecular complexity index is 1380. The molecule has 0 unspecified atom stereocenters. The Balaban J connectivity index is 1.54. The van der Waals surface area contributed by atoms with Crippen LogP contribution in [0.2, 0.25) is 9.36 Å². The fourth-order valence-electron chi connectivity index (χ4n) is 2.99. The number of halogens is 2. The SMILES string of the molecule is O=C(Nc1ccc(C2=[N+](O)c3ccccc3C2=O)c(Cl)c1)NS(=O)(=O)c1ccc(Cl)s1. The van der Waals surface area contributed by atoms with Gasteiger partial charge < -0.3 is 5.32 Å². The molecule has 8 nitrogen and oxygen atoms in total. The molecule has 4 rings (SSSR count). The zero-order chi connectivity index (χ0) is 22.3. The number of carbonyl (C=O) groups is 2. The zero-order valence-electron chi connectivity index (χ0n) is 15.3. The first-order valence-electron chi connectivity index (χ1n) is 8.56. The van der Waals surface area contributed by atoms with Gasteiger partial charge in [0.2, 0.25) is 0 Å². The van der Waals surface area contributed by atoms with Gasteiger partial charge in [0.15, 0.2) is 0 Å². The number of benzene rings is 2. The summed E-state index contributed by atoms with van der Waals surface area (Å²) in [5, 5.41) is 12.8. The zero-order valence-corrected chi connectivity index (χ0v) is 18.4. The molecule has 0 atom stereocenters. The van der Waals surface area contributed by atoms with Gasteiger partial charge in [-0.05, 0) is 36.4 Å². The third kappa shape index (κ3) is 4.02. The van der Waals surface area contributed by atoms with E-state index in [2.05, 4.69) is 5.32 Å². The van der Waals surface area contributed by atoms with Gasteiger partial charge in [0.25, 0.3) is 21.5 Å². The van der Waals surface area contributed by atoms with Gasteiger partial charge in [-0.3, -0.25) is 10.0 Å². The topological polar surface area (TPSA) is 116 Å². The number of carbonyl (C=O) groups excluding carboxylic acids is 2. The van der Waals surface area contributed by atoms with Crippen molar-refractivity contribution in [1.82, 2.24) is 4.72 Å². The van der Waals surface area contributed by atoms with Gasteiger partial charge >= 0.3 is 11.7 Å².